The van der Waals surface area contributed by atoms with E-state index in [4.69, 9.17) is 21.8 Å². The molecular weight excluding hydrogens is 398 g/mol. The van der Waals surface area contributed by atoms with Gasteiger partial charge in [-0.25, -0.2) is 0 Å². The SMILES string of the molecule is CCCN(C)C(=N)c1ccc(C2=NO[C@@H](CN[NH+]([O-])c3ccc(Cl)s3)C2)cc1. The van der Waals surface area contributed by atoms with Crippen molar-refractivity contribution in [2.24, 2.45) is 5.16 Å². The molecule has 0 radical (unpaired) electrons. The van der Waals surface area contributed by atoms with Gasteiger partial charge in [0.2, 0.25) is 5.00 Å². The highest BCUT2D eigenvalue weighted by Crippen LogP contribution is 2.22. The van der Waals surface area contributed by atoms with Gasteiger partial charge in [0.1, 0.15) is 5.84 Å². The zero-order chi connectivity index (χ0) is 20.1. The Balaban J connectivity index is 1.51. The van der Waals surface area contributed by atoms with E-state index < -0.39 is 0 Å². The predicted octanol–water partition coefficient (Wildman–Crippen LogP) is 2.78. The zero-order valence-corrected chi connectivity index (χ0v) is 17.4. The van der Waals surface area contributed by atoms with Gasteiger partial charge in [-0.05, 0) is 18.1 Å². The van der Waals surface area contributed by atoms with Crippen molar-refractivity contribution in [1.82, 2.24) is 10.3 Å². The second-order valence-corrected chi connectivity index (χ2v) is 8.35. The molecule has 0 fully saturated rings. The molecule has 0 saturated carbocycles. The van der Waals surface area contributed by atoms with Crippen LogP contribution in [0, 0.1) is 10.6 Å². The molecule has 1 aromatic carbocycles. The molecule has 3 rings (SSSR count). The molecule has 1 aliphatic rings. The number of hydrogen-bond acceptors (Lipinski definition) is 6. The molecule has 150 valence electrons. The monoisotopic (exact) mass is 421 g/mol. The molecule has 7 nitrogen and oxygen atoms in total. The van der Waals surface area contributed by atoms with Crippen LogP contribution in [-0.4, -0.2) is 42.7 Å². The van der Waals surface area contributed by atoms with Crippen molar-refractivity contribution >= 4 is 39.5 Å². The number of oxime groups is 1. The van der Waals surface area contributed by atoms with E-state index in [2.05, 4.69) is 17.5 Å². The zero-order valence-electron chi connectivity index (χ0n) is 15.9. The lowest BCUT2D eigenvalue weighted by Crippen LogP contribution is -3.09. The van der Waals surface area contributed by atoms with Crippen LogP contribution in [0.5, 0.6) is 0 Å². The van der Waals surface area contributed by atoms with Crippen molar-refractivity contribution in [2.75, 3.05) is 20.1 Å². The van der Waals surface area contributed by atoms with Gasteiger partial charge in [0, 0.05) is 31.6 Å². The summed E-state index contributed by atoms with van der Waals surface area (Å²) in [7, 11) is 1.93. The van der Waals surface area contributed by atoms with Crippen LogP contribution in [0.4, 0.5) is 5.00 Å². The second-order valence-electron chi connectivity index (χ2n) is 6.63. The molecule has 3 N–H and O–H groups in total. The summed E-state index contributed by atoms with van der Waals surface area (Å²) in [6, 6.07) is 11.2. The van der Waals surface area contributed by atoms with E-state index in [1.807, 2.05) is 36.2 Å². The number of nitrogens with zero attached hydrogens (tertiary/aromatic N) is 2. The molecule has 0 aliphatic carbocycles. The predicted molar refractivity (Wildman–Crippen MR) is 114 cm³/mol. The first kappa shape index (κ1) is 20.8. The Bertz CT molecular complexity index is 839. The lowest BCUT2D eigenvalue weighted by atomic mass is 10.0. The van der Waals surface area contributed by atoms with Crippen molar-refractivity contribution < 1.29 is 10.0 Å². The lowest BCUT2D eigenvalue weighted by molar-refractivity contribution is -0.826. The standard InChI is InChI=1S/C19H24ClN5O2S/c1-3-10-24(2)19(21)14-6-4-13(5-7-14)16-11-15(27-23-16)12-22-25(26)18-9-8-17(20)28-18/h4-9,15,21-22,25H,3,10-12H2,1-2H3/t15-/m1/s1. The van der Waals surface area contributed by atoms with Gasteiger partial charge in [-0.15, -0.1) is 0 Å². The summed E-state index contributed by atoms with van der Waals surface area (Å²) in [6.07, 6.45) is 1.43. The fourth-order valence-electron chi connectivity index (χ4n) is 2.93. The number of halogens is 1. The highest BCUT2D eigenvalue weighted by Gasteiger charge is 2.23. The van der Waals surface area contributed by atoms with Gasteiger partial charge in [-0.1, -0.05) is 59.3 Å². The minimum Gasteiger partial charge on any atom is -0.607 e. The molecule has 0 bridgehead atoms. The van der Waals surface area contributed by atoms with Gasteiger partial charge in [-0.3, -0.25) is 10.6 Å². The van der Waals surface area contributed by atoms with Crippen molar-refractivity contribution in [2.45, 2.75) is 25.9 Å². The number of quaternary nitrogens is 1. The Labute approximate surface area is 173 Å². The number of benzene rings is 1. The van der Waals surface area contributed by atoms with Crippen molar-refractivity contribution in [3.63, 3.8) is 0 Å². The molecule has 0 spiro atoms. The number of rotatable bonds is 8. The van der Waals surface area contributed by atoms with Crippen LogP contribution in [0.15, 0.2) is 41.6 Å². The van der Waals surface area contributed by atoms with E-state index in [1.54, 1.807) is 12.1 Å². The summed E-state index contributed by atoms with van der Waals surface area (Å²) >= 11 is 7.11. The molecule has 2 heterocycles. The first-order valence-electron chi connectivity index (χ1n) is 9.14. The quantitative estimate of drug-likeness (QED) is 0.347. The van der Waals surface area contributed by atoms with E-state index in [-0.39, 0.29) is 11.3 Å². The van der Waals surface area contributed by atoms with Crippen LogP contribution < -0.4 is 10.6 Å². The van der Waals surface area contributed by atoms with Crippen LogP contribution in [-0.2, 0) is 4.84 Å². The Morgan fingerprint density at radius 3 is 2.79 bits per heavy atom. The molecule has 9 heteroatoms. The molecule has 2 aromatic rings. The number of amidine groups is 1. The number of nitrogens with one attached hydrogen (secondary N) is 3. The summed E-state index contributed by atoms with van der Waals surface area (Å²) in [4.78, 5) is 7.39. The van der Waals surface area contributed by atoms with E-state index in [9.17, 15) is 5.21 Å². The highest BCUT2D eigenvalue weighted by molar-refractivity contribution is 7.19. The lowest BCUT2D eigenvalue weighted by Gasteiger charge is -2.21. The Morgan fingerprint density at radius 1 is 1.39 bits per heavy atom. The summed E-state index contributed by atoms with van der Waals surface area (Å²) in [5.41, 5.74) is 5.54. The highest BCUT2D eigenvalue weighted by atomic mass is 35.5. The number of hydrogen-bond donors (Lipinski definition) is 3. The third kappa shape index (κ3) is 5.09. The molecule has 1 unspecified atom stereocenters. The minimum atomic E-state index is -0.192. The van der Waals surface area contributed by atoms with Gasteiger partial charge < -0.3 is 14.9 Å². The van der Waals surface area contributed by atoms with Gasteiger partial charge in [0.25, 0.3) is 0 Å². The molecule has 0 saturated heterocycles. The topological polar surface area (TPSA) is 88.2 Å². The van der Waals surface area contributed by atoms with E-state index in [0.29, 0.717) is 28.1 Å². The van der Waals surface area contributed by atoms with Gasteiger partial charge in [0.15, 0.2) is 6.10 Å². The normalized spacial score (nSPS) is 17.1. The third-order valence-electron chi connectivity index (χ3n) is 4.45. The van der Waals surface area contributed by atoms with Gasteiger partial charge in [-0.2, -0.15) is 5.43 Å². The van der Waals surface area contributed by atoms with Crippen LogP contribution in [0.25, 0.3) is 0 Å². The van der Waals surface area contributed by atoms with E-state index in [0.717, 1.165) is 29.8 Å². The molecule has 1 aromatic heterocycles. The van der Waals surface area contributed by atoms with Crippen LogP contribution in [0.1, 0.15) is 30.9 Å². The fraction of sp³-hybridized carbons (Fsp3) is 0.368. The summed E-state index contributed by atoms with van der Waals surface area (Å²) in [6.45, 7) is 3.33. The summed E-state index contributed by atoms with van der Waals surface area (Å²) in [5.74, 6) is 0.507. The van der Waals surface area contributed by atoms with E-state index >= 15 is 0 Å². The van der Waals surface area contributed by atoms with Crippen molar-refractivity contribution in [3.8, 4) is 0 Å². The molecule has 1 aliphatic heterocycles. The Hall–Kier alpha value is -1.97. The van der Waals surface area contributed by atoms with Crippen LogP contribution in [0.2, 0.25) is 4.34 Å². The summed E-state index contributed by atoms with van der Waals surface area (Å²) in [5, 5.41) is 24.9. The fourth-order valence-corrected chi connectivity index (χ4v) is 3.89. The summed E-state index contributed by atoms with van der Waals surface area (Å²) < 4.78 is 0.588. The van der Waals surface area contributed by atoms with Crippen molar-refractivity contribution in [3.05, 3.63) is 57.1 Å². The molecule has 28 heavy (non-hydrogen) atoms. The third-order valence-corrected chi connectivity index (χ3v) is 5.68. The maximum Gasteiger partial charge on any atom is 0.207 e. The largest absolute Gasteiger partial charge is 0.607 e. The van der Waals surface area contributed by atoms with Gasteiger partial charge >= 0.3 is 0 Å². The average Bonchev–Trinajstić information content (AvgIpc) is 3.35. The molecule has 2 atom stereocenters. The smallest absolute Gasteiger partial charge is 0.207 e. The maximum absolute atomic E-state index is 12.1. The first-order valence-corrected chi connectivity index (χ1v) is 10.3. The number of thiophene rings is 1. The first-order chi connectivity index (χ1) is 13.5. The Kier molecular flexibility index (Phi) is 7.03. The van der Waals surface area contributed by atoms with Gasteiger partial charge in [0.05, 0.1) is 16.6 Å². The maximum atomic E-state index is 12.1. The molecule has 0 amide bonds. The Morgan fingerprint density at radius 2 is 2.14 bits per heavy atom. The minimum absolute atomic E-state index is 0.159. The average molecular weight is 422 g/mol. The van der Waals surface area contributed by atoms with Crippen LogP contribution >= 0.6 is 22.9 Å². The van der Waals surface area contributed by atoms with E-state index in [1.165, 1.54) is 11.3 Å². The second kappa shape index (κ2) is 9.49. The van der Waals surface area contributed by atoms with Crippen molar-refractivity contribution in [1.29, 1.82) is 5.41 Å². The van der Waals surface area contributed by atoms with Crippen LogP contribution in [0.3, 0.4) is 0 Å². The molecular formula is C19H24ClN5O2S.